The number of carbonyl (C=O) groups is 1. The first kappa shape index (κ1) is 14.0. The molecule has 0 fully saturated rings. The van der Waals surface area contributed by atoms with Crippen LogP contribution >= 0.6 is 11.6 Å². The maximum Gasteiger partial charge on any atom is 0.178 e. The summed E-state index contributed by atoms with van der Waals surface area (Å²) in [5.41, 5.74) is 0. The van der Waals surface area contributed by atoms with Crippen LogP contribution in [0.5, 0.6) is 5.75 Å². The highest BCUT2D eigenvalue weighted by atomic mass is 35.5. The van der Waals surface area contributed by atoms with E-state index in [0.717, 1.165) is 0 Å². The second-order valence-electron chi connectivity index (χ2n) is 3.57. The van der Waals surface area contributed by atoms with Crippen LogP contribution in [0.4, 0.5) is 0 Å². The van der Waals surface area contributed by atoms with Gasteiger partial charge in [0.05, 0.1) is 22.8 Å². The predicted octanol–water partition coefficient (Wildman–Crippen LogP) is 2.10. The first-order chi connectivity index (χ1) is 7.86. The van der Waals surface area contributed by atoms with Crippen LogP contribution in [0.3, 0.4) is 0 Å². The molecule has 0 spiro atoms. The number of hydrogen-bond acceptors (Lipinski definition) is 4. The van der Waals surface area contributed by atoms with Gasteiger partial charge in [-0.1, -0.05) is 11.6 Å². The Labute approximate surface area is 105 Å². The minimum Gasteiger partial charge on any atom is -0.495 e. The van der Waals surface area contributed by atoms with Crippen LogP contribution in [0.2, 0.25) is 5.02 Å². The molecule has 1 rings (SSSR count). The largest absolute Gasteiger partial charge is 0.495 e. The molecule has 0 amide bonds. The topological polar surface area (TPSA) is 60.4 Å². The van der Waals surface area contributed by atoms with Crippen LogP contribution in [-0.4, -0.2) is 27.1 Å². The van der Waals surface area contributed by atoms with E-state index in [-0.39, 0.29) is 27.9 Å². The van der Waals surface area contributed by atoms with Gasteiger partial charge in [-0.05, 0) is 25.1 Å². The summed E-state index contributed by atoms with van der Waals surface area (Å²) < 4.78 is 28.6. The van der Waals surface area contributed by atoms with E-state index in [1.54, 1.807) is 0 Å². The van der Waals surface area contributed by atoms with Crippen LogP contribution in [0, 0.1) is 0 Å². The molecule has 1 aromatic carbocycles. The van der Waals surface area contributed by atoms with Gasteiger partial charge in [-0.15, -0.1) is 0 Å². The molecular weight excluding hydrogens is 264 g/mol. The van der Waals surface area contributed by atoms with Crippen molar-refractivity contribution in [3.63, 3.8) is 0 Å². The highest BCUT2D eigenvalue weighted by Gasteiger charge is 2.16. The third-order valence-electron chi connectivity index (χ3n) is 2.21. The molecule has 0 aliphatic carbocycles. The molecule has 0 saturated carbocycles. The van der Waals surface area contributed by atoms with Crippen LogP contribution in [0.1, 0.15) is 13.3 Å². The molecule has 0 bridgehead atoms. The Kier molecular flexibility index (Phi) is 4.54. The first-order valence-electron chi connectivity index (χ1n) is 4.92. The van der Waals surface area contributed by atoms with Gasteiger partial charge in [-0.3, -0.25) is 4.79 Å². The van der Waals surface area contributed by atoms with Gasteiger partial charge in [0.2, 0.25) is 0 Å². The third kappa shape index (κ3) is 3.71. The second kappa shape index (κ2) is 5.51. The Morgan fingerprint density at radius 2 is 2.06 bits per heavy atom. The van der Waals surface area contributed by atoms with Crippen LogP contribution in [0.25, 0.3) is 0 Å². The van der Waals surface area contributed by atoms with E-state index in [2.05, 4.69) is 0 Å². The quantitative estimate of drug-likeness (QED) is 0.826. The normalized spacial score (nSPS) is 11.2. The summed E-state index contributed by atoms with van der Waals surface area (Å²) in [7, 11) is -2.01. The molecule has 0 radical (unpaired) electrons. The fourth-order valence-electron chi connectivity index (χ4n) is 1.24. The Balaban J connectivity index is 2.99. The van der Waals surface area contributed by atoms with Crippen LogP contribution in [-0.2, 0) is 14.6 Å². The van der Waals surface area contributed by atoms with Gasteiger partial charge >= 0.3 is 0 Å². The number of methoxy groups -OCH3 is 1. The monoisotopic (exact) mass is 276 g/mol. The molecule has 6 heteroatoms. The maximum absolute atomic E-state index is 11.8. The maximum atomic E-state index is 11.8. The number of sulfone groups is 1. The summed E-state index contributed by atoms with van der Waals surface area (Å²) >= 11 is 5.84. The lowest BCUT2D eigenvalue weighted by atomic mass is 10.3. The van der Waals surface area contributed by atoms with E-state index >= 15 is 0 Å². The average molecular weight is 277 g/mol. The van der Waals surface area contributed by atoms with E-state index in [1.165, 1.54) is 32.2 Å². The zero-order valence-electron chi connectivity index (χ0n) is 9.57. The minimum absolute atomic E-state index is 0.00593. The molecule has 4 nitrogen and oxygen atoms in total. The number of rotatable bonds is 5. The van der Waals surface area contributed by atoms with Crippen molar-refractivity contribution in [1.82, 2.24) is 0 Å². The van der Waals surface area contributed by atoms with Gasteiger partial charge in [0.25, 0.3) is 0 Å². The number of ether oxygens (including phenoxy) is 1. The number of Topliss-reactive ketones (excluding diaryl/α,β-unsaturated/α-hetero) is 1. The summed E-state index contributed by atoms with van der Waals surface area (Å²) in [6, 6.07) is 4.24. The molecule has 94 valence electrons. The summed E-state index contributed by atoms with van der Waals surface area (Å²) in [6.45, 7) is 1.36. The number of carbonyl (C=O) groups excluding carboxylic acids is 1. The molecule has 0 heterocycles. The lowest BCUT2D eigenvalue weighted by Crippen LogP contribution is -2.09. The molecular formula is C11H13ClO4S. The van der Waals surface area contributed by atoms with Gasteiger partial charge in [0.1, 0.15) is 11.5 Å². The highest BCUT2D eigenvalue weighted by Crippen LogP contribution is 2.27. The lowest BCUT2D eigenvalue weighted by molar-refractivity contribution is -0.116. The van der Waals surface area contributed by atoms with Crippen molar-refractivity contribution in [2.24, 2.45) is 0 Å². The van der Waals surface area contributed by atoms with Crippen LogP contribution < -0.4 is 4.74 Å². The first-order valence-corrected chi connectivity index (χ1v) is 6.95. The smallest absolute Gasteiger partial charge is 0.178 e. The van der Waals surface area contributed by atoms with E-state index in [4.69, 9.17) is 16.3 Å². The molecule has 0 N–H and O–H groups in total. The average Bonchev–Trinajstić information content (AvgIpc) is 2.26. The molecule has 0 atom stereocenters. The SMILES string of the molecule is COc1ccc(S(=O)(=O)CCC(C)=O)cc1Cl. The van der Waals surface area contributed by atoms with E-state index in [9.17, 15) is 13.2 Å². The Hall–Kier alpha value is -1.07. The predicted molar refractivity (Wildman–Crippen MR) is 65.4 cm³/mol. The summed E-state index contributed by atoms with van der Waals surface area (Å²) in [4.78, 5) is 10.9. The second-order valence-corrected chi connectivity index (χ2v) is 6.08. The van der Waals surface area contributed by atoms with Crippen LogP contribution in [0.15, 0.2) is 23.1 Å². The third-order valence-corrected chi connectivity index (χ3v) is 4.21. The Morgan fingerprint density at radius 1 is 1.41 bits per heavy atom. The van der Waals surface area contributed by atoms with E-state index < -0.39 is 9.84 Å². The van der Waals surface area contributed by atoms with Gasteiger partial charge in [-0.25, -0.2) is 8.42 Å². The molecule has 0 unspecified atom stereocenters. The molecule has 0 aliphatic rings. The minimum atomic E-state index is -3.46. The van der Waals surface area contributed by atoms with Gasteiger partial charge in [-0.2, -0.15) is 0 Å². The standard InChI is InChI=1S/C11H13ClO4S/c1-8(13)5-6-17(14,15)9-3-4-11(16-2)10(12)7-9/h3-4,7H,5-6H2,1-2H3. The van der Waals surface area contributed by atoms with Crippen molar-refractivity contribution in [3.8, 4) is 5.75 Å². The van der Waals surface area contributed by atoms with Crippen molar-refractivity contribution in [2.45, 2.75) is 18.2 Å². The fourth-order valence-corrected chi connectivity index (χ4v) is 2.92. The Bertz CT molecular complexity index is 522. The van der Waals surface area contributed by atoms with Crippen molar-refractivity contribution >= 4 is 27.2 Å². The number of hydrogen-bond donors (Lipinski definition) is 0. The lowest BCUT2D eigenvalue weighted by Gasteiger charge is -2.06. The Morgan fingerprint density at radius 3 is 2.53 bits per heavy atom. The molecule has 0 aromatic heterocycles. The van der Waals surface area contributed by atoms with Crippen molar-refractivity contribution in [2.75, 3.05) is 12.9 Å². The summed E-state index contributed by atoms with van der Waals surface area (Å²) in [6.07, 6.45) is 0.00593. The van der Waals surface area contributed by atoms with Crippen molar-refractivity contribution < 1.29 is 17.9 Å². The van der Waals surface area contributed by atoms with Gasteiger partial charge in [0.15, 0.2) is 9.84 Å². The van der Waals surface area contributed by atoms with Gasteiger partial charge < -0.3 is 4.74 Å². The summed E-state index contributed by atoms with van der Waals surface area (Å²) in [5, 5.41) is 0.233. The molecule has 17 heavy (non-hydrogen) atoms. The molecule has 1 aromatic rings. The highest BCUT2D eigenvalue weighted by molar-refractivity contribution is 7.91. The van der Waals surface area contributed by atoms with E-state index in [1.807, 2.05) is 0 Å². The zero-order chi connectivity index (χ0) is 13.1. The molecule has 0 aliphatic heterocycles. The van der Waals surface area contributed by atoms with E-state index in [0.29, 0.717) is 5.75 Å². The van der Waals surface area contributed by atoms with Gasteiger partial charge in [0, 0.05) is 6.42 Å². The van der Waals surface area contributed by atoms with Crippen molar-refractivity contribution in [1.29, 1.82) is 0 Å². The fraction of sp³-hybridized carbons (Fsp3) is 0.364. The number of ketones is 1. The zero-order valence-corrected chi connectivity index (χ0v) is 11.1. The summed E-state index contributed by atoms with van der Waals surface area (Å²) in [5.74, 6) is 0.0516. The van der Waals surface area contributed by atoms with Crippen molar-refractivity contribution in [3.05, 3.63) is 23.2 Å². The number of halogens is 1. The molecule has 0 saturated heterocycles. The number of benzene rings is 1.